The largest absolute Gasteiger partial charge is 0.341 e. The van der Waals surface area contributed by atoms with Gasteiger partial charge in [0, 0.05) is 44.6 Å². The Morgan fingerprint density at radius 1 is 1.33 bits per heavy atom. The van der Waals surface area contributed by atoms with Crippen LogP contribution in [0.25, 0.3) is 0 Å². The zero-order valence-corrected chi connectivity index (χ0v) is 13.0. The van der Waals surface area contributed by atoms with Crippen LogP contribution in [-0.4, -0.2) is 54.0 Å². The number of likely N-dealkylation sites (N-methyl/N-ethyl adjacent to an activating group) is 1. The number of hydrogen-bond donors (Lipinski definition) is 1. The number of rotatable bonds is 7. The van der Waals surface area contributed by atoms with Crippen LogP contribution >= 0.6 is 0 Å². The van der Waals surface area contributed by atoms with E-state index in [0.717, 1.165) is 51.0 Å². The summed E-state index contributed by atoms with van der Waals surface area (Å²) in [5.41, 5.74) is 1.06. The summed E-state index contributed by atoms with van der Waals surface area (Å²) in [6.07, 6.45) is 6.99. The predicted molar refractivity (Wildman–Crippen MR) is 83.1 cm³/mol. The summed E-state index contributed by atoms with van der Waals surface area (Å²) in [7, 11) is 1.86. The molecule has 1 aliphatic heterocycles. The molecular formula is C15H25N5O. The van der Waals surface area contributed by atoms with Gasteiger partial charge < -0.3 is 15.1 Å². The van der Waals surface area contributed by atoms with Gasteiger partial charge in [-0.25, -0.2) is 9.97 Å². The fourth-order valence-electron chi connectivity index (χ4n) is 2.39. The first-order valence-electron chi connectivity index (χ1n) is 7.71. The van der Waals surface area contributed by atoms with Gasteiger partial charge in [0.15, 0.2) is 0 Å². The molecule has 1 saturated heterocycles. The Morgan fingerprint density at radius 2 is 2.00 bits per heavy atom. The predicted octanol–water partition coefficient (Wildman–Crippen LogP) is 1.03. The molecule has 1 aromatic heterocycles. The van der Waals surface area contributed by atoms with Gasteiger partial charge in [-0.15, -0.1) is 0 Å². The smallest absolute Gasteiger partial charge is 0.242 e. The van der Waals surface area contributed by atoms with Crippen LogP contribution in [0.15, 0.2) is 12.4 Å². The Morgan fingerprint density at radius 3 is 2.62 bits per heavy atom. The third kappa shape index (κ3) is 4.67. The molecule has 116 valence electrons. The summed E-state index contributed by atoms with van der Waals surface area (Å²) in [5.74, 6) is 0.758. The molecule has 0 spiro atoms. The molecule has 0 radical (unpaired) electrons. The van der Waals surface area contributed by atoms with Crippen molar-refractivity contribution in [3.8, 4) is 0 Å². The van der Waals surface area contributed by atoms with E-state index in [9.17, 15) is 4.79 Å². The van der Waals surface area contributed by atoms with Gasteiger partial charge in [0.2, 0.25) is 11.9 Å². The zero-order valence-electron chi connectivity index (χ0n) is 13.0. The van der Waals surface area contributed by atoms with Crippen molar-refractivity contribution in [2.45, 2.75) is 32.7 Å². The monoisotopic (exact) mass is 291 g/mol. The van der Waals surface area contributed by atoms with Crippen LogP contribution in [0.4, 0.5) is 5.95 Å². The van der Waals surface area contributed by atoms with Crippen molar-refractivity contribution in [1.82, 2.24) is 20.2 Å². The molecule has 0 unspecified atom stereocenters. The SMILES string of the molecule is CCCNCc1cnc(N(C)CC(=O)N2CCCC2)nc1. The quantitative estimate of drug-likeness (QED) is 0.761. The van der Waals surface area contributed by atoms with Gasteiger partial charge in [-0.1, -0.05) is 6.92 Å². The van der Waals surface area contributed by atoms with Gasteiger partial charge in [0.25, 0.3) is 0 Å². The van der Waals surface area contributed by atoms with E-state index in [1.54, 1.807) is 0 Å². The van der Waals surface area contributed by atoms with Gasteiger partial charge >= 0.3 is 0 Å². The molecule has 2 rings (SSSR count). The lowest BCUT2D eigenvalue weighted by Crippen LogP contribution is -2.37. The molecule has 21 heavy (non-hydrogen) atoms. The molecule has 1 aromatic rings. The number of nitrogens with zero attached hydrogens (tertiary/aromatic N) is 4. The van der Waals surface area contributed by atoms with Crippen molar-refractivity contribution >= 4 is 11.9 Å². The zero-order chi connectivity index (χ0) is 15.1. The molecular weight excluding hydrogens is 266 g/mol. The second-order valence-electron chi connectivity index (χ2n) is 5.51. The van der Waals surface area contributed by atoms with E-state index < -0.39 is 0 Å². The van der Waals surface area contributed by atoms with E-state index in [-0.39, 0.29) is 5.91 Å². The number of aromatic nitrogens is 2. The molecule has 0 bridgehead atoms. The van der Waals surface area contributed by atoms with Crippen molar-refractivity contribution in [1.29, 1.82) is 0 Å². The molecule has 6 nitrogen and oxygen atoms in total. The van der Waals surface area contributed by atoms with E-state index in [4.69, 9.17) is 0 Å². The summed E-state index contributed by atoms with van der Waals surface area (Å²) in [5, 5.41) is 3.31. The molecule has 0 aromatic carbocycles. The molecule has 1 amide bonds. The van der Waals surface area contributed by atoms with Crippen LogP contribution in [0.3, 0.4) is 0 Å². The average Bonchev–Trinajstić information content (AvgIpc) is 3.02. The number of nitrogens with one attached hydrogen (secondary N) is 1. The van der Waals surface area contributed by atoms with E-state index in [1.807, 2.05) is 29.2 Å². The summed E-state index contributed by atoms with van der Waals surface area (Å²) < 4.78 is 0. The number of amides is 1. The molecule has 1 aliphatic rings. The fourth-order valence-corrected chi connectivity index (χ4v) is 2.39. The molecule has 2 heterocycles. The van der Waals surface area contributed by atoms with E-state index in [2.05, 4.69) is 22.2 Å². The standard InChI is InChI=1S/C15H25N5O/c1-3-6-16-9-13-10-17-15(18-11-13)19(2)12-14(21)20-7-4-5-8-20/h10-11,16H,3-9,12H2,1-2H3. The summed E-state index contributed by atoms with van der Waals surface area (Å²) in [6, 6.07) is 0. The fraction of sp³-hybridized carbons (Fsp3) is 0.667. The lowest BCUT2D eigenvalue weighted by Gasteiger charge is -2.21. The highest BCUT2D eigenvalue weighted by molar-refractivity contribution is 5.81. The van der Waals surface area contributed by atoms with Crippen LogP contribution in [0.1, 0.15) is 31.7 Å². The first-order chi connectivity index (χ1) is 10.2. The lowest BCUT2D eigenvalue weighted by molar-refractivity contribution is -0.128. The normalized spacial score (nSPS) is 14.5. The van der Waals surface area contributed by atoms with Crippen LogP contribution < -0.4 is 10.2 Å². The summed E-state index contributed by atoms with van der Waals surface area (Å²) in [6.45, 7) is 6.02. The maximum Gasteiger partial charge on any atom is 0.242 e. The highest BCUT2D eigenvalue weighted by atomic mass is 16.2. The lowest BCUT2D eigenvalue weighted by atomic mass is 10.3. The van der Waals surface area contributed by atoms with Crippen LogP contribution in [0, 0.1) is 0 Å². The van der Waals surface area contributed by atoms with Gasteiger partial charge in [0.05, 0.1) is 6.54 Å². The minimum absolute atomic E-state index is 0.160. The van der Waals surface area contributed by atoms with E-state index >= 15 is 0 Å². The number of carbonyl (C=O) groups is 1. The highest BCUT2D eigenvalue weighted by Crippen LogP contribution is 2.10. The summed E-state index contributed by atoms with van der Waals surface area (Å²) >= 11 is 0. The Bertz CT molecular complexity index is 442. The Kier molecular flexibility index (Phi) is 5.92. The first kappa shape index (κ1) is 15.7. The minimum Gasteiger partial charge on any atom is -0.341 e. The van der Waals surface area contributed by atoms with Crippen molar-refractivity contribution in [2.75, 3.05) is 38.1 Å². The Hall–Kier alpha value is -1.69. The van der Waals surface area contributed by atoms with E-state index in [0.29, 0.717) is 12.5 Å². The van der Waals surface area contributed by atoms with Crippen LogP contribution in [0.2, 0.25) is 0 Å². The molecule has 1 fully saturated rings. The van der Waals surface area contributed by atoms with Gasteiger partial charge in [-0.3, -0.25) is 4.79 Å². The Labute approximate surface area is 126 Å². The highest BCUT2D eigenvalue weighted by Gasteiger charge is 2.19. The van der Waals surface area contributed by atoms with Crippen LogP contribution in [-0.2, 0) is 11.3 Å². The summed E-state index contributed by atoms with van der Waals surface area (Å²) in [4.78, 5) is 24.5. The van der Waals surface area contributed by atoms with Gasteiger partial charge in [-0.05, 0) is 25.8 Å². The topological polar surface area (TPSA) is 61.4 Å². The second kappa shape index (κ2) is 7.93. The molecule has 0 aliphatic carbocycles. The van der Waals surface area contributed by atoms with Crippen molar-refractivity contribution < 1.29 is 4.79 Å². The van der Waals surface area contributed by atoms with Crippen molar-refractivity contribution in [2.24, 2.45) is 0 Å². The number of carbonyl (C=O) groups excluding carboxylic acids is 1. The molecule has 0 atom stereocenters. The van der Waals surface area contributed by atoms with Crippen molar-refractivity contribution in [3.05, 3.63) is 18.0 Å². The number of anilines is 1. The first-order valence-corrected chi connectivity index (χ1v) is 7.71. The minimum atomic E-state index is 0.160. The maximum atomic E-state index is 12.1. The van der Waals surface area contributed by atoms with E-state index in [1.165, 1.54) is 0 Å². The van der Waals surface area contributed by atoms with Gasteiger partial charge in [0.1, 0.15) is 0 Å². The number of likely N-dealkylation sites (tertiary alicyclic amines) is 1. The van der Waals surface area contributed by atoms with Crippen molar-refractivity contribution in [3.63, 3.8) is 0 Å². The average molecular weight is 291 g/mol. The molecule has 0 saturated carbocycles. The molecule has 1 N–H and O–H groups in total. The third-order valence-electron chi connectivity index (χ3n) is 3.62. The second-order valence-corrected chi connectivity index (χ2v) is 5.51. The Balaban J connectivity index is 1.84. The van der Waals surface area contributed by atoms with Crippen LogP contribution in [0.5, 0.6) is 0 Å². The maximum absolute atomic E-state index is 12.1. The third-order valence-corrected chi connectivity index (χ3v) is 3.62. The van der Waals surface area contributed by atoms with Gasteiger partial charge in [-0.2, -0.15) is 0 Å². The molecule has 6 heteroatoms. The number of hydrogen-bond acceptors (Lipinski definition) is 5.